The van der Waals surface area contributed by atoms with E-state index in [0.717, 1.165) is 10.8 Å². The van der Waals surface area contributed by atoms with E-state index in [1.54, 1.807) is 12.3 Å². The van der Waals surface area contributed by atoms with Gasteiger partial charge in [0.25, 0.3) is 5.91 Å². The van der Waals surface area contributed by atoms with Gasteiger partial charge in [-0.25, -0.2) is 0 Å². The van der Waals surface area contributed by atoms with Crippen molar-refractivity contribution in [1.82, 2.24) is 15.2 Å². The van der Waals surface area contributed by atoms with Crippen LogP contribution in [0, 0.1) is 0 Å². The van der Waals surface area contributed by atoms with Gasteiger partial charge in [-0.2, -0.15) is 0 Å². The average molecular weight is 487 g/mol. The number of nitrogens with zero attached hydrogens (tertiary/aromatic N) is 2. The molecule has 0 bridgehead atoms. The largest absolute Gasteiger partial charge is 0.469 e. The lowest BCUT2D eigenvalue weighted by atomic mass is 10.1. The van der Waals surface area contributed by atoms with E-state index in [2.05, 4.69) is 15.0 Å². The third-order valence-corrected chi connectivity index (χ3v) is 5.21. The summed E-state index contributed by atoms with van der Waals surface area (Å²) in [6.07, 6.45) is 4.05. The van der Waals surface area contributed by atoms with Gasteiger partial charge >= 0.3 is 5.97 Å². The molecule has 1 aromatic carbocycles. The van der Waals surface area contributed by atoms with Gasteiger partial charge in [0.2, 0.25) is 11.8 Å². The van der Waals surface area contributed by atoms with Gasteiger partial charge in [0.15, 0.2) is 0 Å². The number of aliphatic hydroxyl groups excluding tert-OH is 2. The molecule has 188 valence electrons. The number of allylic oxidation sites excluding steroid dienone is 1. The van der Waals surface area contributed by atoms with Crippen LogP contribution < -0.4 is 11.1 Å². The normalized spacial score (nSPS) is 14.2. The summed E-state index contributed by atoms with van der Waals surface area (Å²) in [5.74, 6) is -1.69. The van der Waals surface area contributed by atoms with Crippen molar-refractivity contribution in [3.05, 3.63) is 53.9 Å². The molecule has 1 aromatic heterocycles. The van der Waals surface area contributed by atoms with Crippen molar-refractivity contribution < 1.29 is 34.1 Å². The van der Waals surface area contributed by atoms with Gasteiger partial charge < -0.3 is 30.9 Å². The quantitative estimate of drug-likeness (QED) is 0.296. The molecule has 3 amide bonds. The summed E-state index contributed by atoms with van der Waals surface area (Å²) in [7, 11) is 1.22. The molecule has 0 spiro atoms. The standard InChI is InChI=1S/C14H22N2O6.C10H8N2O/c1-22-14(21)5-11(9-18)15-12(19)7-16-6-10(8-17)3-2-4-13(16)20;11-10(13)9-8-4-2-1-3-7(8)5-6-12-9/h3,11,17-18H,2,4-9H2,1H3,(H,15,19);1-6H,(H2,11,13). The highest BCUT2D eigenvalue weighted by atomic mass is 16.5. The predicted octanol–water partition coefficient (Wildman–Crippen LogP) is -0.0986. The Bertz CT molecular complexity index is 1080. The first-order valence-electron chi connectivity index (χ1n) is 11.0. The molecule has 11 nitrogen and oxygen atoms in total. The second-order valence-electron chi connectivity index (χ2n) is 7.78. The van der Waals surface area contributed by atoms with Crippen molar-refractivity contribution in [2.24, 2.45) is 5.73 Å². The van der Waals surface area contributed by atoms with E-state index in [1.165, 1.54) is 12.0 Å². The number of aromatic nitrogens is 1. The van der Waals surface area contributed by atoms with Gasteiger partial charge in [-0.1, -0.05) is 30.3 Å². The molecule has 0 fully saturated rings. The van der Waals surface area contributed by atoms with Gasteiger partial charge in [0, 0.05) is 24.5 Å². The highest BCUT2D eigenvalue weighted by Gasteiger charge is 2.22. The number of hydrogen-bond donors (Lipinski definition) is 4. The number of aliphatic hydroxyl groups is 2. The number of primary amides is 1. The molecule has 2 heterocycles. The number of fused-ring (bicyclic) bond motifs is 1. The highest BCUT2D eigenvalue weighted by molar-refractivity contribution is 6.04. The molecular formula is C24H30N4O7. The Kier molecular flexibility index (Phi) is 10.8. The zero-order valence-corrected chi connectivity index (χ0v) is 19.5. The maximum Gasteiger partial charge on any atom is 0.307 e. The van der Waals surface area contributed by atoms with Crippen molar-refractivity contribution in [2.75, 3.05) is 33.4 Å². The third-order valence-electron chi connectivity index (χ3n) is 5.21. The van der Waals surface area contributed by atoms with Crippen LogP contribution in [0.2, 0.25) is 0 Å². The molecule has 35 heavy (non-hydrogen) atoms. The molecule has 11 heteroatoms. The van der Waals surface area contributed by atoms with Crippen LogP contribution in [0.15, 0.2) is 48.2 Å². The summed E-state index contributed by atoms with van der Waals surface area (Å²) in [4.78, 5) is 51.2. The molecule has 0 radical (unpaired) electrons. The number of carbonyl (C=O) groups excluding carboxylic acids is 4. The van der Waals surface area contributed by atoms with E-state index in [9.17, 15) is 24.3 Å². The van der Waals surface area contributed by atoms with E-state index < -0.39 is 30.4 Å². The molecule has 1 aliphatic heterocycles. The summed E-state index contributed by atoms with van der Waals surface area (Å²) in [6.45, 7) is -0.555. The topological polar surface area (TPSA) is 172 Å². The first kappa shape index (κ1) is 27.4. The summed E-state index contributed by atoms with van der Waals surface area (Å²) in [5, 5.41) is 22.6. The SMILES string of the molecule is COC(=O)CC(CO)NC(=O)CN1CC(CO)=CCCC1=O.NC(=O)c1nccc2ccccc12. The molecule has 0 saturated heterocycles. The van der Waals surface area contributed by atoms with Crippen molar-refractivity contribution >= 4 is 34.5 Å². The van der Waals surface area contributed by atoms with Gasteiger partial charge in [-0.05, 0) is 23.4 Å². The molecule has 0 aliphatic carbocycles. The number of pyridine rings is 1. The fourth-order valence-corrected chi connectivity index (χ4v) is 3.42. The van der Waals surface area contributed by atoms with E-state index in [1.807, 2.05) is 30.3 Å². The number of nitrogens with one attached hydrogen (secondary N) is 1. The minimum Gasteiger partial charge on any atom is -0.469 e. The lowest BCUT2D eigenvalue weighted by Gasteiger charge is -2.23. The lowest BCUT2D eigenvalue weighted by Crippen LogP contribution is -2.46. The Morgan fingerprint density at radius 1 is 1.23 bits per heavy atom. The lowest BCUT2D eigenvalue weighted by molar-refractivity contribution is -0.142. The van der Waals surface area contributed by atoms with Crippen LogP contribution in [-0.4, -0.2) is 83.2 Å². The van der Waals surface area contributed by atoms with Gasteiger partial charge in [-0.3, -0.25) is 24.2 Å². The molecule has 5 N–H and O–H groups in total. The fraction of sp³-hybridized carbons (Fsp3) is 0.375. The number of carbonyl (C=O) groups is 4. The minimum atomic E-state index is -0.755. The van der Waals surface area contributed by atoms with E-state index in [4.69, 9.17) is 10.8 Å². The van der Waals surface area contributed by atoms with Gasteiger partial charge in [0.05, 0.1) is 39.3 Å². The maximum absolute atomic E-state index is 12.0. The van der Waals surface area contributed by atoms with Crippen molar-refractivity contribution in [2.45, 2.75) is 25.3 Å². The summed E-state index contributed by atoms with van der Waals surface area (Å²) in [6, 6.07) is 8.62. The monoisotopic (exact) mass is 486 g/mol. The zero-order valence-electron chi connectivity index (χ0n) is 19.5. The first-order valence-corrected chi connectivity index (χ1v) is 11.0. The van der Waals surface area contributed by atoms with Crippen LogP contribution in [0.5, 0.6) is 0 Å². The summed E-state index contributed by atoms with van der Waals surface area (Å²) < 4.78 is 4.48. The van der Waals surface area contributed by atoms with E-state index >= 15 is 0 Å². The van der Waals surface area contributed by atoms with E-state index in [0.29, 0.717) is 17.7 Å². The number of rotatable bonds is 8. The van der Waals surface area contributed by atoms with Gasteiger partial charge in [0.1, 0.15) is 5.69 Å². The average Bonchev–Trinajstić information content (AvgIpc) is 3.04. The van der Waals surface area contributed by atoms with Crippen LogP contribution >= 0.6 is 0 Å². The van der Waals surface area contributed by atoms with Crippen molar-refractivity contribution in [3.63, 3.8) is 0 Å². The van der Waals surface area contributed by atoms with Crippen molar-refractivity contribution in [3.8, 4) is 0 Å². The van der Waals surface area contributed by atoms with Crippen LogP contribution in [0.3, 0.4) is 0 Å². The first-order chi connectivity index (χ1) is 16.8. The van der Waals surface area contributed by atoms with Crippen LogP contribution in [0.25, 0.3) is 10.8 Å². The molecule has 3 rings (SSSR count). The number of esters is 1. The molecule has 1 unspecified atom stereocenters. The third kappa shape index (κ3) is 8.47. The molecular weight excluding hydrogens is 456 g/mol. The van der Waals surface area contributed by atoms with Gasteiger partial charge in [-0.15, -0.1) is 0 Å². The molecule has 1 aliphatic rings. The van der Waals surface area contributed by atoms with Crippen molar-refractivity contribution in [1.29, 1.82) is 0 Å². The number of methoxy groups -OCH3 is 1. The van der Waals surface area contributed by atoms with Crippen LogP contribution in [0.1, 0.15) is 29.8 Å². The second kappa shape index (κ2) is 13.8. The van der Waals surface area contributed by atoms with E-state index in [-0.39, 0.29) is 38.4 Å². The Morgan fingerprint density at radius 3 is 2.63 bits per heavy atom. The highest BCUT2D eigenvalue weighted by Crippen LogP contribution is 2.15. The Morgan fingerprint density at radius 2 is 1.97 bits per heavy atom. The Hall–Kier alpha value is -3.83. The maximum atomic E-state index is 12.0. The van der Waals surface area contributed by atoms with Crippen LogP contribution in [0.4, 0.5) is 0 Å². The number of ether oxygens (including phenoxy) is 1. The molecule has 0 saturated carbocycles. The Balaban J connectivity index is 0.000000279. The smallest absolute Gasteiger partial charge is 0.307 e. The predicted molar refractivity (Wildman–Crippen MR) is 127 cm³/mol. The second-order valence-corrected chi connectivity index (χ2v) is 7.78. The number of benzene rings is 1. The molecule has 1 atom stereocenters. The minimum absolute atomic E-state index is 0.144. The summed E-state index contributed by atoms with van der Waals surface area (Å²) in [5.41, 5.74) is 6.20. The number of nitrogens with two attached hydrogens (primary N) is 1. The van der Waals surface area contributed by atoms with Crippen LogP contribution in [-0.2, 0) is 19.1 Å². The fourth-order valence-electron chi connectivity index (χ4n) is 3.42. The number of hydrogen-bond acceptors (Lipinski definition) is 8. The summed E-state index contributed by atoms with van der Waals surface area (Å²) >= 11 is 0. The zero-order chi connectivity index (χ0) is 25.8. The molecule has 2 aromatic rings. The Labute approximate surface area is 202 Å². The number of amides is 3.